The van der Waals surface area contributed by atoms with Crippen molar-refractivity contribution in [2.75, 3.05) is 65.6 Å². The lowest BCUT2D eigenvalue weighted by Crippen LogP contribution is -2.54. The Balaban J connectivity index is 1.39. The third kappa shape index (κ3) is 5.15. The van der Waals surface area contributed by atoms with Crippen molar-refractivity contribution in [1.29, 1.82) is 0 Å². The maximum atomic E-state index is 12.9. The SMILES string of the molecule is O=C(COc1ccc(F)cc1)N1CCN(C(=O)CN2CCOCC2)CC1. The van der Waals surface area contributed by atoms with Gasteiger partial charge in [-0.25, -0.2) is 4.39 Å². The molecule has 0 atom stereocenters. The second-order valence-corrected chi connectivity index (χ2v) is 6.39. The summed E-state index contributed by atoms with van der Waals surface area (Å²) in [4.78, 5) is 30.2. The number of amides is 2. The molecule has 0 spiro atoms. The number of hydrogen-bond acceptors (Lipinski definition) is 5. The van der Waals surface area contributed by atoms with Crippen LogP contribution >= 0.6 is 0 Å². The minimum atomic E-state index is -0.346. The molecule has 0 unspecified atom stereocenters. The molecule has 2 aliphatic rings. The van der Waals surface area contributed by atoms with Crippen molar-refractivity contribution in [3.05, 3.63) is 30.1 Å². The summed E-state index contributed by atoms with van der Waals surface area (Å²) in [5, 5.41) is 0. The largest absolute Gasteiger partial charge is 0.484 e. The van der Waals surface area contributed by atoms with Gasteiger partial charge < -0.3 is 19.3 Å². The first-order valence-corrected chi connectivity index (χ1v) is 8.86. The van der Waals surface area contributed by atoms with E-state index in [1.807, 2.05) is 0 Å². The predicted molar refractivity (Wildman–Crippen MR) is 92.3 cm³/mol. The van der Waals surface area contributed by atoms with Crippen molar-refractivity contribution >= 4 is 11.8 Å². The van der Waals surface area contributed by atoms with Crippen LogP contribution in [0.1, 0.15) is 0 Å². The van der Waals surface area contributed by atoms with Crippen molar-refractivity contribution in [2.24, 2.45) is 0 Å². The number of rotatable bonds is 5. The Kier molecular flexibility index (Phi) is 6.40. The molecule has 7 nitrogen and oxygen atoms in total. The molecular weight excluding hydrogens is 341 g/mol. The average molecular weight is 365 g/mol. The van der Waals surface area contributed by atoms with Gasteiger partial charge in [-0.05, 0) is 24.3 Å². The molecule has 0 aromatic heterocycles. The fourth-order valence-corrected chi connectivity index (χ4v) is 3.02. The minimum absolute atomic E-state index is 0.0899. The summed E-state index contributed by atoms with van der Waals surface area (Å²) in [7, 11) is 0. The van der Waals surface area contributed by atoms with Crippen LogP contribution in [0.5, 0.6) is 5.75 Å². The number of morpholine rings is 1. The van der Waals surface area contributed by atoms with Crippen LogP contribution < -0.4 is 4.74 Å². The van der Waals surface area contributed by atoms with Gasteiger partial charge in [-0.3, -0.25) is 14.5 Å². The van der Waals surface area contributed by atoms with Gasteiger partial charge >= 0.3 is 0 Å². The molecule has 2 aliphatic heterocycles. The van der Waals surface area contributed by atoms with Gasteiger partial charge in [0, 0.05) is 39.3 Å². The Morgan fingerprint density at radius 3 is 2.12 bits per heavy atom. The topological polar surface area (TPSA) is 62.3 Å². The number of piperazine rings is 1. The summed E-state index contributed by atoms with van der Waals surface area (Å²) >= 11 is 0. The number of hydrogen-bond donors (Lipinski definition) is 0. The van der Waals surface area contributed by atoms with Gasteiger partial charge in [-0.2, -0.15) is 0 Å². The Hall–Kier alpha value is -2.19. The van der Waals surface area contributed by atoms with E-state index >= 15 is 0 Å². The standard InChI is InChI=1S/C18H24FN3O4/c19-15-1-3-16(4-2-15)26-14-18(24)22-7-5-21(6-8-22)17(23)13-20-9-11-25-12-10-20/h1-4H,5-14H2. The van der Waals surface area contributed by atoms with E-state index in [2.05, 4.69) is 4.90 Å². The first-order valence-electron chi connectivity index (χ1n) is 8.86. The Morgan fingerprint density at radius 2 is 1.50 bits per heavy atom. The molecule has 1 aromatic carbocycles. The third-order valence-electron chi connectivity index (χ3n) is 4.62. The van der Waals surface area contributed by atoms with Gasteiger partial charge in [0.05, 0.1) is 19.8 Å². The molecule has 0 aliphatic carbocycles. The number of carbonyl (C=O) groups is 2. The lowest BCUT2D eigenvalue weighted by Gasteiger charge is -2.36. The summed E-state index contributed by atoms with van der Waals surface area (Å²) in [6.45, 7) is 5.29. The van der Waals surface area contributed by atoms with Crippen molar-refractivity contribution < 1.29 is 23.5 Å². The number of carbonyl (C=O) groups excluding carboxylic acids is 2. The van der Waals surface area contributed by atoms with Gasteiger partial charge in [-0.15, -0.1) is 0 Å². The molecule has 2 amide bonds. The first kappa shape index (κ1) is 18.6. The summed E-state index contributed by atoms with van der Waals surface area (Å²) in [6, 6.07) is 5.56. The molecule has 2 fully saturated rings. The number of benzene rings is 1. The molecule has 2 saturated heterocycles. The van der Waals surface area contributed by atoms with Crippen LogP contribution in [0.4, 0.5) is 4.39 Å². The highest BCUT2D eigenvalue weighted by atomic mass is 19.1. The summed E-state index contributed by atoms with van der Waals surface area (Å²) in [6.07, 6.45) is 0. The van der Waals surface area contributed by atoms with Crippen LogP contribution in [0.25, 0.3) is 0 Å². The smallest absolute Gasteiger partial charge is 0.260 e. The molecule has 142 valence electrons. The van der Waals surface area contributed by atoms with Crippen LogP contribution in [0.2, 0.25) is 0 Å². The first-order chi connectivity index (χ1) is 12.6. The molecule has 0 saturated carbocycles. The molecule has 8 heteroatoms. The predicted octanol–water partition coefficient (Wildman–Crippen LogP) is 0.208. The van der Waals surface area contributed by atoms with Gasteiger partial charge in [0.2, 0.25) is 5.91 Å². The monoisotopic (exact) mass is 365 g/mol. The maximum Gasteiger partial charge on any atom is 0.260 e. The van der Waals surface area contributed by atoms with Gasteiger partial charge in [0.15, 0.2) is 6.61 Å². The molecular formula is C18H24FN3O4. The van der Waals surface area contributed by atoms with Crippen LogP contribution in [0, 0.1) is 5.82 Å². The van der Waals surface area contributed by atoms with Crippen LogP contribution in [0.15, 0.2) is 24.3 Å². The normalized spacial score (nSPS) is 18.7. The van der Waals surface area contributed by atoms with E-state index in [-0.39, 0.29) is 24.2 Å². The summed E-state index contributed by atoms with van der Waals surface area (Å²) in [5.41, 5.74) is 0. The van der Waals surface area contributed by atoms with Crippen molar-refractivity contribution in [1.82, 2.24) is 14.7 Å². The summed E-state index contributed by atoms with van der Waals surface area (Å²) in [5.74, 6) is 0.0804. The van der Waals surface area contributed by atoms with Crippen LogP contribution in [-0.2, 0) is 14.3 Å². The highest BCUT2D eigenvalue weighted by molar-refractivity contribution is 5.80. The fraction of sp³-hybridized carbons (Fsp3) is 0.556. The third-order valence-corrected chi connectivity index (χ3v) is 4.62. The van der Waals surface area contributed by atoms with E-state index in [4.69, 9.17) is 9.47 Å². The van der Waals surface area contributed by atoms with E-state index < -0.39 is 0 Å². The van der Waals surface area contributed by atoms with E-state index in [9.17, 15) is 14.0 Å². The summed E-state index contributed by atoms with van der Waals surface area (Å²) < 4.78 is 23.5. The highest BCUT2D eigenvalue weighted by Gasteiger charge is 2.25. The second kappa shape index (κ2) is 8.95. The average Bonchev–Trinajstić information content (AvgIpc) is 2.68. The molecule has 26 heavy (non-hydrogen) atoms. The zero-order valence-corrected chi connectivity index (χ0v) is 14.7. The zero-order chi connectivity index (χ0) is 18.4. The molecule has 0 bridgehead atoms. The van der Waals surface area contributed by atoms with Crippen molar-refractivity contribution in [3.8, 4) is 5.75 Å². The quantitative estimate of drug-likeness (QED) is 0.746. The number of nitrogens with zero attached hydrogens (tertiary/aromatic N) is 3. The lowest BCUT2D eigenvalue weighted by molar-refractivity contribution is -0.141. The molecule has 2 heterocycles. The molecule has 0 N–H and O–H groups in total. The molecule has 1 aromatic rings. The maximum absolute atomic E-state index is 12.9. The van der Waals surface area contributed by atoms with E-state index in [1.165, 1.54) is 24.3 Å². The van der Waals surface area contributed by atoms with E-state index in [1.54, 1.807) is 9.80 Å². The Morgan fingerprint density at radius 1 is 0.923 bits per heavy atom. The van der Waals surface area contributed by atoms with Crippen molar-refractivity contribution in [3.63, 3.8) is 0 Å². The second-order valence-electron chi connectivity index (χ2n) is 6.39. The van der Waals surface area contributed by atoms with Gasteiger partial charge in [-0.1, -0.05) is 0 Å². The Bertz CT molecular complexity index is 611. The lowest BCUT2D eigenvalue weighted by atomic mass is 10.3. The molecule has 0 radical (unpaired) electrons. The van der Waals surface area contributed by atoms with Crippen LogP contribution in [-0.4, -0.2) is 92.1 Å². The number of halogens is 1. The zero-order valence-electron chi connectivity index (χ0n) is 14.7. The van der Waals surface area contributed by atoms with Gasteiger partial charge in [0.25, 0.3) is 5.91 Å². The van der Waals surface area contributed by atoms with Crippen molar-refractivity contribution in [2.45, 2.75) is 0 Å². The van der Waals surface area contributed by atoms with E-state index in [0.29, 0.717) is 51.7 Å². The van der Waals surface area contributed by atoms with Crippen LogP contribution in [0.3, 0.4) is 0 Å². The fourth-order valence-electron chi connectivity index (χ4n) is 3.02. The van der Waals surface area contributed by atoms with Gasteiger partial charge in [0.1, 0.15) is 11.6 Å². The van der Waals surface area contributed by atoms with E-state index in [0.717, 1.165) is 13.1 Å². The Labute approximate surface area is 152 Å². The number of ether oxygens (including phenoxy) is 2. The highest BCUT2D eigenvalue weighted by Crippen LogP contribution is 2.12. The molecule has 3 rings (SSSR count). The minimum Gasteiger partial charge on any atom is -0.484 e.